The van der Waals surface area contributed by atoms with Crippen LogP contribution in [0.15, 0.2) is 12.1 Å². The molecule has 0 aliphatic heterocycles. The van der Waals surface area contributed by atoms with E-state index < -0.39 is 23.0 Å². The number of rotatable bonds is 6. The summed E-state index contributed by atoms with van der Waals surface area (Å²) in [5.74, 6) is -1.76. The van der Waals surface area contributed by atoms with E-state index in [2.05, 4.69) is 15.4 Å². The lowest BCUT2D eigenvalue weighted by molar-refractivity contribution is 0.0527. The second-order valence-corrected chi connectivity index (χ2v) is 8.07. The Balaban J connectivity index is 2.04. The number of ether oxygens (including phenoxy) is 1. The van der Waals surface area contributed by atoms with E-state index >= 15 is 0 Å². The first-order valence-electron chi connectivity index (χ1n) is 9.01. The molecule has 0 unspecified atom stereocenters. The van der Waals surface area contributed by atoms with Gasteiger partial charge in [-0.3, -0.25) is 9.59 Å². The fourth-order valence-electron chi connectivity index (χ4n) is 2.97. The largest absolute Gasteiger partial charge is 0.462 e. The number of aryl methyl sites for hydroxylation is 1. The molecule has 0 aromatic carbocycles. The molecule has 164 valence electrons. The Labute approximate surface area is 184 Å². The Morgan fingerprint density at radius 2 is 1.97 bits per heavy atom. The lowest BCUT2D eigenvalue weighted by Gasteiger charge is -2.10. The Morgan fingerprint density at radius 1 is 1.29 bits per heavy atom. The third-order valence-electron chi connectivity index (χ3n) is 4.25. The maximum absolute atomic E-state index is 13.8. The predicted molar refractivity (Wildman–Crippen MR) is 110 cm³/mol. The number of fused-ring (bicyclic) bond motifs is 1. The second-order valence-electron chi connectivity index (χ2n) is 6.57. The highest BCUT2D eigenvalue weighted by Crippen LogP contribution is 2.35. The summed E-state index contributed by atoms with van der Waals surface area (Å²) in [4.78, 5) is 41.4. The van der Waals surface area contributed by atoms with Crippen LogP contribution in [0.2, 0.25) is 0 Å². The minimum absolute atomic E-state index is 0.00197. The number of alkyl halides is 3. The molecule has 3 aromatic rings. The van der Waals surface area contributed by atoms with Gasteiger partial charge in [0.25, 0.3) is 5.91 Å². The number of Topliss-reactive ketones (excluding diaryl/α,β-unsaturated/α-hetero) is 1. The first-order chi connectivity index (χ1) is 14.4. The van der Waals surface area contributed by atoms with Crippen molar-refractivity contribution in [2.24, 2.45) is 0 Å². The quantitative estimate of drug-likeness (QED) is 0.327. The number of ketones is 1. The zero-order valence-electron chi connectivity index (χ0n) is 16.9. The SMILES string of the molecule is CCOC(=O)c1c(NC(=O)c2cc3nc(C)cc(C(F)(F)Cl)n3n2)sc(C(C)=O)c1C. The van der Waals surface area contributed by atoms with Crippen molar-refractivity contribution in [1.29, 1.82) is 0 Å². The molecule has 8 nitrogen and oxygen atoms in total. The summed E-state index contributed by atoms with van der Waals surface area (Å²) in [6, 6.07) is 2.28. The third-order valence-corrected chi connectivity index (χ3v) is 5.75. The van der Waals surface area contributed by atoms with Crippen molar-refractivity contribution in [2.75, 3.05) is 11.9 Å². The normalized spacial score (nSPS) is 11.6. The highest BCUT2D eigenvalue weighted by molar-refractivity contribution is 7.18. The molecule has 3 aromatic heterocycles. The number of nitrogens with zero attached hydrogens (tertiary/aromatic N) is 3. The van der Waals surface area contributed by atoms with Crippen molar-refractivity contribution in [3.63, 3.8) is 0 Å². The van der Waals surface area contributed by atoms with Crippen molar-refractivity contribution >= 4 is 51.2 Å². The average Bonchev–Trinajstić information content (AvgIpc) is 3.21. The number of esters is 1. The van der Waals surface area contributed by atoms with Gasteiger partial charge in [-0.1, -0.05) is 0 Å². The van der Waals surface area contributed by atoms with E-state index in [1.54, 1.807) is 13.8 Å². The molecule has 31 heavy (non-hydrogen) atoms. The van der Waals surface area contributed by atoms with Gasteiger partial charge in [-0.2, -0.15) is 13.9 Å². The summed E-state index contributed by atoms with van der Waals surface area (Å²) in [7, 11) is 0. The predicted octanol–water partition coefficient (Wildman–Crippen LogP) is 4.33. The molecular weight excluding hydrogens is 454 g/mol. The molecule has 0 radical (unpaired) electrons. The van der Waals surface area contributed by atoms with Gasteiger partial charge in [0.2, 0.25) is 0 Å². The smallest absolute Gasteiger partial charge is 0.364 e. The molecule has 3 heterocycles. The maximum Gasteiger partial charge on any atom is 0.364 e. The van der Waals surface area contributed by atoms with Crippen LogP contribution in [0.5, 0.6) is 0 Å². The molecule has 0 saturated heterocycles. The lowest BCUT2D eigenvalue weighted by atomic mass is 10.1. The van der Waals surface area contributed by atoms with E-state index in [0.717, 1.165) is 21.9 Å². The van der Waals surface area contributed by atoms with Gasteiger partial charge in [0.1, 0.15) is 10.7 Å². The highest BCUT2D eigenvalue weighted by Gasteiger charge is 2.33. The second kappa shape index (κ2) is 8.31. The first kappa shape index (κ1) is 22.8. The summed E-state index contributed by atoms with van der Waals surface area (Å²) < 4.78 is 33.3. The van der Waals surface area contributed by atoms with Crippen molar-refractivity contribution in [3.8, 4) is 0 Å². The Bertz CT molecular complexity index is 1220. The summed E-state index contributed by atoms with van der Waals surface area (Å²) in [6.07, 6.45) is 0. The molecule has 12 heteroatoms. The monoisotopic (exact) mass is 470 g/mol. The zero-order chi connectivity index (χ0) is 23.1. The number of nitrogens with one attached hydrogen (secondary N) is 1. The minimum Gasteiger partial charge on any atom is -0.462 e. The Hall–Kier alpha value is -2.92. The molecule has 0 saturated carbocycles. The Kier molecular flexibility index (Phi) is 6.10. The van der Waals surface area contributed by atoms with E-state index in [9.17, 15) is 23.2 Å². The molecule has 0 fully saturated rings. The molecule has 0 atom stereocenters. The van der Waals surface area contributed by atoms with Crippen molar-refractivity contribution in [3.05, 3.63) is 45.2 Å². The number of thiophene rings is 1. The van der Waals surface area contributed by atoms with Crippen molar-refractivity contribution < 1.29 is 27.9 Å². The fraction of sp³-hybridized carbons (Fsp3) is 0.316. The lowest BCUT2D eigenvalue weighted by Crippen LogP contribution is -2.16. The van der Waals surface area contributed by atoms with Gasteiger partial charge >= 0.3 is 11.4 Å². The van der Waals surface area contributed by atoms with E-state index in [4.69, 9.17) is 16.3 Å². The zero-order valence-corrected chi connectivity index (χ0v) is 18.5. The van der Waals surface area contributed by atoms with Crippen LogP contribution in [0.4, 0.5) is 13.8 Å². The number of carbonyl (C=O) groups excluding carboxylic acids is 3. The number of carbonyl (C=O) groups is 3. The van der Waals surface area contributed by atoms with Crippen LogP contribution >= 0.6 is 22.9 Å². The molecule has 0 bridgehead atoms. The Morgan fingerprint density at radius 3 is 2.55 bits per heavy atom. The van der Waals surface area contributed by atoms with Crippen LogP contribution in [0.25, 0.3) is 5.65 Å². The van der Waals surface area contributed by atoms with Gasteiger partial charge in [0.15, 0.2) is 17.1 Å². The van der Waals surface area contributed by atoms with Crippen LogP contribution < -0.4 is 5.32 Å². The molecule has 0 aliphatic rings. The van der Waals surface area contributed by atoms with Crippen LogP contribution in [0.1, 0.15) is 61.3 Å². The van der Waals surface area contributed by atoms with E-state index in [1.165, 1.54) is 19.9 Å². The summed E-state index contributed by atoms with van der Waals surface area (Å²) in [5, 5.41) is 2.77. The van der Waals surface area contributed by atoms with Gasteiger partial charge in [-0.05, 0) is 50.9 Å². The van der Waals surface area contributed by atoms with Crippen LogP contribution in [-0.2, 0) is 10.1 Å². The van der Waals surface area contributed by atoms with Crippen molar-refractivity contribution in [1.82, 2.24) is 14.6 Å². The van der Waals surface area contributed by atoms with Crippen LogP contribution in [0.3, 0.4) is 0 Å². The summed E-state index contributed by atoms with van der Waals surface area (Å²) in [6.45, 7) is 6.14. The van der Waals surface area contributed by atoms with Crippen LogP contribution in [0, 0.1) is 13.8 Å². The summed E-state index contributed by atoms with van der Waals surface area (Å²) >= 11 is 6.07. The standard InChI is InChI=1S/C19H17ClF2N4O4S/c1-5-30-18(29)14-9(3)15(10(4)27)31-17(14)24-16(28)11-7-13-23-8(2)6-12(19(20,21)22)26(13)25-11/h6-7H,5H2,1-4H3,(H,24,28). The van der Waals surface area contributed by atoms with Gasteiger partial charge in [0.05, 0.1) is 17.0 Å². The van der Waals surface area contributed by atoms with E-state index in [-0.39, 0.29) is 44.9 Å². The number of halogens is 3. The molecule has 0 aliphatic carbocycles. The maximum atomic E-state index is 13.8. The van der Waals surface area contributed by atoms with E-state index in [0.29, 0.717) is 5.56 Å². The van der Waals surface area contributed by atoms with Gasteiger partial charge in [-0.15, -0.1) is 11.3 Å². The van der Waals surface area contributed by atoms with Crippen molar-refractivity contribution in [2.45, 2.75) is 33.1 Å². The molecule has 1 N–H and O–H groups in total. The molecule has 0 spiro atoms. The summed E-state index contributed by atoms with van der Waals surface area (Å²) in [5.41, 5.74) is -0.185. The number of aromatic nitrogens is 3. The van der Waals surface area contributed by atoms with Gasteiger partial charge in [-0.25, -0.2) is 14.3 Å². The topological polar surface area (TPSA) is 103 Å². The number of anilines is 1. The number of amides is 1. The van der Waals surface area contributed by atoms with Gasteiger partial charge < -0.3 is 10.1 Å². The molecular formula is C19H17ClF2N4O4S. The highest BCUT2D eigenvalue weighted by atomic mass is 35.5. The first-order valence-corrected chi connectivity index (χ1v) is 10.2. The van der Waals surface area contributed by atoms with Crippen LogP contribution in [-0.4, -0.2) is 38.9 Å². The molecule has 3 rings (SSSR count). The third kappa shape index (κ3) is 4.42. The molecule has 1 amide bonds. The average molecular weight is 471 g/mol. The van der Waals surface area contributed by atoms with Gasteiger partial charge in [0, 0.05) is 11.8 Å². The van der Waals surface area contributed by atoms with E-state index in [1.807, 2.05) is 0 Å². The fourth-order valence-corrected chi connectivity index (χ4v) is 4.19. The minimum atomic E-state index is -3.73. The number of hydrogen-bond donors (Lipinski definition) is 1. The number of hydrogen-bond acceptors (Lipinski definition) is 7.